The standard InChI is InChI=1S/C17H19N3O/c1-13-8-9-14(12-18)16(20-13)19-11-10-17(2,21)15-6-4-3-5-7-15/h3-9,21H,10-11H2,1-2H3,(H,19,20). The lowest BCUT2D eigenvalue weighted by Gasteiger charge is -2.24. The Hall–Kier alpha value is -2.38. The second-order valence-corrected chi connectivity index (χ2v) is 5.28. The van der Waals surface area contributed by atoms with Crippen molar-refractivity contribution in [1.82, 2.24) is 4.98 Å². The monoisotopic (exact) mass is 281 g/mol. The first-order valence-electron chi connectivity index (χ1n) is 6.92. The summed E-state index contributed by atoms with van der Waals surface area (Å²) in [5.74, 6) is 0.571. The Morgan fingerprint density at radius 2 is 1.95 bits per heavy atom. The molecule has 0 saturated carbocycles. The van der Waals surface area contributed by atoms with E-state index in [9.17, 15) is 5.11 Å². The molecule has 1 aromatic carbocycles. The Bertz CT molecular complexity index is 645. The molecule has 0 saturated heterocycles. The van der Waals surface area contributed by atoms with Crippen LogP contribution in [0.4, 0.5) is 5.82 Å². The van der Waals surface area contributed by atoms with Gasteiger partial charge in [0.2, 0.25) is 0 Å². The molecule has 21 heavy (non-hydrogen) atoms. The van der Waals surface area contributed by atoms with Gasteiger partial charge < -0.3 is 10.4 Å². The molecule has 0 aliphatic heterocycles. The van der Waals surface area contributed by atoms with Crippen LogP contribution in [0.1, 0.15) is 30.2 Å². The molecule has 1 unspecified atom stereocenters. The zero-order valence-electron chi connectivity index (χ0n) is 12.3. The van der Waals surface area contributed by atoms with Gasteiger partial charge in [-0.15, -0.1) is 0 Å². The van der Waals surface area contributed by atoms with Crippen molar-refractivity contribution in [1.29, 1.82) is 5.26 Å². The van der Waals surface area contributed by atoms with E-state index in [2.05, 4.69) is 16.4 Å². The molecule has 0 spiro atoms. The molecular formula is C17H19N3O. The molecule has 1 atom stereocenters. The van der Waals surface area contributed by atoms with Crippen molar-refractivity contribution in [3.05, 3.63) is 59.3 Å². The molecule has 2 aromatic rings. The molecule has 0 aliphatic rings. The first kappa shape index (κ1) is 15.0. The Labute approximate surface area is 125 Å². The van der Waals surface area contributed by atoms with Gasteiger partial charge in [-0.2, -0.15) is 5.26 Å². The maximum absolute atomic E-state index is 10.5. The number of hydrogen-bond acceptors (Lipinski definition) is 4. The smallest absolute Gasteiger partial charge is 0.144 e. The summed E-state index contributed by atoms with van der Waals surface area (Å²) >= 11 is 0. The molecule has 4 nitrogen and oxygen atoms in total. The lowest BCUT2D eigenvalue weighted by Crippen LogP contribution is -2.25. The van der Waals surface area contributed by atoms with E-state index in [0.717, 1.165) is 11.3 Å². The van der Waals surface area contributed by atoms with E-state index in [1.807, 2.05) is 43.3 Å². The predicted octanol–water partition coefficient (Wildman–Crippen LogP) is 2.97. The highest BCUT2D eigenvalue weighted by Crippen LogP contribution is 2.24. The molecule has 0 aliphatic carbocycles. The number of nitrogens with zero attached hydrogens (tertiary/aromatic N) is 2. The Morgan fingerprint density at radius 3 is 2.62 bits per heavy atom. The molecule has 0 radical (unpaired) electrons. The van der Waals surface area contributed by atoms with Crippen LogP contribution in [0.15, 0.2) is 42.5 Å². The average Bonchev–Trinajstić information content (AvgIpc) is 2.48. The number of rotatable bonds is 5. The van der Waals surface area contributed by atoms with E-state index in [1.54, 1.807) is 13.0 Å². The van der Waals surface area contributed by atoms with Crippen LogP contribution in [-0.4, -0.2) is 16.6 Å². The summed E-state index contributed by atoms with van der Waals surface area (Å²) in [4.78, 5) is 4.32. The minimum absolute atomic E-state index is 0.514. The van der Waals surface area contributed by atoms with Gasteiger partial charge in [0.25, 0.3) is 0 Å². The summed E-state index contributed by atoms with van der Waals surface area (Å²) in [6, 6.07) is 15.2. The number of anilines is 1. The van der Waals surface area contributed by atoms with Gasteiger partial charge in [-0.05, 0) is 38.0 Å². The SMILES string of the molecule is Cc1ccc(C#N)c(NCCC(C)(O)c2ccccc2)n1. The first-order chi connectivity index (χ1) is 10.0. The molecule has 1 heterocycles. The molecule has 2 N–H and O–H groups in total. The Morgan fingerprint density at radius 1 is 1.24 bits per heavy atom. The minimum atomic E-state index is -0.912. The average molecular weight is 281 g/mol. The van der Waals surface area contributed by atoms with Crippen LogP contribution in [0.25, 0.3) is 0 Å². The number of nitrogens with one attached hydrogen (secondary N) is 1. The highest BCUT2D eigenvalue weighted by atomic mass is 16.3. The maximum atomic E-state index is 10.5. The highest BCUT2D eigenvalue weighted by molar-refractivity contribution is 5.52. The normalized spacial score (nSPS) is 13.2. The quantitative estimate of drug-likeness (QED) is 0.884. The molecule has 1 aromatic heterocycles. The number of aliphatic hydroxyl groups is 1. The summed E-state index contributed by atoms with van der Waals surface area (Å²) in [7, 11) is 0. The maximum Gasteiger partial charge on any atom is 0.144 e. The van der Waals surface area contributed by atoms with E-state index >= 15 is 0 Å². The van der Waals surface area contributed by atoms with Gasteiger partial charge in [0, 0.05) is 12.2 Å². The van der Waals surface area contributed by atoms with Crippen molar-refractivity contribution < 1.29 is 5.11 Å². The third-order valence-electron chi connectivity index (χ3n) is 3.45. The Balaban J connectivity index is 2.02. The van der Waals surface area contributed by atoms with Crippen molar-refractivity contribution in [3.63, 3.8) is 0 Å². The van der Waals surface area contributed by atoms with Crippen LogP contribution in [0, 0.1) is 18.3 Å². The number of aromatic nitrogens is 1. The summed E-state index contributed by atoms with van der Waals surface area (Å²) in [6.07, 6.45) is 0.525. The van der Waals surface area contributed by atoms with Crippen molar-refractivity contribution in [3.8, 4) is 6.07 Å². The molecular weight excluding hydrogens is 262 g/mol. The van der Waals surface area contributed by atoms with E-state index in [4.69, 9.17) is 5.26 Å². The highest BCUT2D eigenvalue weighted by Gasteiger charge is 2.22. The van der Waals surface area contributed by atoms with E-state index in [-0.39, 0.29) is 0 Å². The van der Waals surface area contributed by atoms with E-state index in [1.165, 1.54) is 0 Å². The number of aryl methyl sites for hydroxylation is 1. The van der Waals surface area contributed by atoms with Gasteiger partial charge in [-0.1, -0.05) is 30.3 Å². The van der Waals surface area contributed by atoms with Crippen LogP contribution >= 0.6 is 0 Å². The molecule has 2 rings (SSSR count). The second kappa shape index (κ2) is 6.38. The van der Waals surface area contributed by atoms with Gasteiger partial charge in [-0.3, -0.25) is 0 Å². The minimum Gasteiger partial charge on any atom is -0.385 e. The molecule has 108 valence electrons. The van der Waals surface area contributed by atoms with Crippen LogP contribution < -0.4 is 5.32 Å². The van der Waals surface area contributed by atoms with Crippen LogP contribution in [0.2, 0.25) is 0 Å². The van der Waals surface area contributed by atoms with Gasteiger partial charge in [0.1, 0.15) is 11.9 Å². The summed E-state index contributed by atoms with van der Waals surface area (Å²) in [5, 5.41) is 22.7. The van der Waals surface area contributed by atoms with Crippen molar-refractivity contribution in [2.24, 2.45) is 0 Å². The zero-order valence-corrected chi connectivity index (χ0v) is 12.3. The summed E-state index contributed by atoms with van der Waals surface area (Å²) < 4.78 is 0. The lowest BCUT2D eigenvalue weighted by atomic mass is 9.93. The Kier molecular flexibility index (Phi) is 4.56. The van der Waals surface area contributed by atoms with Crippen molar-refractivity contribution >= 4 is 5.82 Å². The predicted molar refractivity (Wildman–Crippen MR) is 82.8 cm³/mol. The fourth-order valence-electron chi connectivity index (χ4n) is 2.15. The molecule has 0 fully saturated rings. The van der Waals surface area contributed by atoms with E-state index < -0.39 is 5.60 Å². The van der Waals surface area contributed by atoms with Gasteiger partial charge in [0.15, 0.2) is 0 Å². The van der Waals surface area contributed by atoms with Gasteiger partial charge in [-0.25, -0.2) is 4.98 Å². The summed E-state index contributed by atoms with van der Waals surface area (Å²) in [6.45, 7) is 4.21. The van der Waals surface area contributed by atoms with Crippen molar-refractivity contribution in [2.45, 2.75) is 25.9 Å². The van der Waals surface area contributed by atoms with Crippen molar-refractivity contribution in [2.75, 3.05) is 11.9 Å². The number of hydrogen-bond donors (Lipinski definition) is 2. The third kappa shape index (κ3) is 3.80. The fraction of sp³-hybridized carbons (Fsp3) is 0.294. The number of nitriles is 1. The molecule has 0 amide bonds. The first-order valence-corrected chi connectivity index (χ1v) is 6.92. The van der Waals surface area contributed by atoms with Gasteiger partial charge in [0.05, 0.1) is 11.2 Å². The second-order valence-electron chi connectivity index (χ2n) is 5.28. The van der Waals surface area contributed by atoms with Gasteiger partial charge >= 0.3 is 0 Å². The number of benzene rings is 1. The largest absolute Gasteiger partial charge is 0.385 e. The lowest BCUT2D eigenvalue weighted by molar-refractivity contribution is 0.0515. The number of pyridine rings is 1. The summed E-state index contributed by atoms with van der Waals surface area (Å²) in [5.41, 5.74) is 1.33. The van der Waals surface area contributed by atoms with Crippen LogP contribution in [0.3, 0.4) is 0 Å². The zero-order chi connectivity index (χ0) is 15.3. The van der Waals surface area contributed by atoms with Crippen LogP contribution in [0.5, 0.6) is 0 Å². The van der Waals surface area contributed by atoms with Crippen LogP contribution in [-0.2, 0) is 5.60 Å². The third-order valence-corrected chi connectivity index (χ3v) is 3.45. The molecule has 0 bridgehead atoms. The molecule has 4 heteroatoms. The van der Waals surface area contributed by atoms with E-state index in [0.29, 0.717) is 24.3 Å². The topological polar surface area (TPSA) is 68.9 Å². The fourth-order valence-corrected chi connectivity index (χ4v) is 2.15.